The molecule has 10 heteroatoms. The van der Waals surface area contributed by atoms with Crippen LogP contribution in [0.15, 0.2) is 23.2 Å². The average Bonchev–Trinajstić information content (AvgIpc) is 3.12. The van der Waals surface area contributed by atoms with Crippen LogP contribution in [0.25, 0.3) is 11.0 Å². The van der Waals surface area contributed by atoms with Crippen molar-refractivity contribution in [2.75, 3.05) is 11.9 Å². The van der Waals surface area contributed by atoms with Crippen molar-refractivity contribution in [3.05, 3.63) is 40.1 Å². The molecule has 2 aromatic heterocycles. The SMILES string of the molecule is CC(O)CN=c1nc(Nc2ccc(Cl)c(C(=O)O)c2)c2n[nH]c(C(C)C)c2n1C(C)C. The molecule has 4 N–H and O–H groups in total. The van der Waals surface area contributed by atoms with Crippen molar-refractivity contribution in [2.45, 2.75) is 52.7 Å². The summed E-state index contributed by atoms with van der Waals surface area (Å²) in [7, 11) is 0. The number of aliphatic hydroxyl groups is 1. The van der Waals surface area contributed by atoms with Crippen LogP contribution in [0.3, 0.4) is 0 Å². The maximum Gasteiger partial charge on any atom is 0.337 e. The summed E-state index contributed by atoms with van der Waals surface area (Å²) in [5.41, 5.74) is 3.35. The van der Waals surface area contributed by atoms with Crippen molar-refractivity contribution in [1.29, 1.82) is 0 Å². The summed E-state index contributed by atoms with van der Waals surface area (Å²) in [4.78, 5) is 20.6. The summed E-state index contributed by atoms with van der Waals surface area (Å²) >= 11 is 6.00. The van der Waals surface area contributed by atoms with Gasteiger partial charge in [-0.2, -0.15) is 10.1 Å². The van der Waals surface area contributed by atoms with Gasteiger partial charge in [0.2, 0.25) is 5.62 Å². The van der Waals surface area contributed by atoms with Gasteiger partial charge in [-0.3, -0.25) is 5.10 Å². The number of anilines is 2. The van der Waals surface area contributed by atoms with Crippen molar-refractivity contribution < 1.29 is 15.0 Å². The van der Waals surface area contributed by atoms with E-state index in [4.69, 9.17) is 11.6 Å². The Labute approximate surface area is 184 Å². The third-order valence-electron chi connectivity index (χ3n) is 4.71. The first kappa shape index (κ1) is 22.8. The van der Waals surface area contributed by atoms with Gasteiger partial charge in [0.25, 0.3) is 0 Å². The fourth-order valence-corrected chi connectivity index (χ4v) is 3.47. The molecule has 0 saturated heterocycles. The van der Waals surface area contributed by atoms with Gasteiger partial charge in [-0.15, -0.1) is 0 Å². The molecular weight excluding hydrogens is 420 g/mol. The van der Waals surface area contributed by atoms with Gasteiger partial charge in [0.1, 0.15) is 0 Å². The third-order valence-corrected chi connectivity index (χ3v) is 5.04. The van der Waals surface area contributed by atoms with Crippen molar-refractivity contribution in [3.8, 4) is 0 Å². The zero-order chi connectivity index (χ0) is 22.9. The molecule has 0 amide bonds. The van der Waals surface area contributed by atoms with Crippen molar-refractivity contribution >= 4 is 40.1 Å². The molecule has 0 aliphatic heterocycles. The lowest BCUT2D eigenvalue weighted by Gasteiger charge is -2.17. The van der Waals surface area contributed by atoms with Crippen LogP contribution >= 0.6 is 11.6 Å². The third kappa shape index (κ3) is 4.72. The van der Waals surface area contributed by atoms with Crippen molar-refractivity contribution in [1.82, 2.24) is 19.7 Å². The maximum atomic E-state index is 11.5. The minimum atomic E-state index is -1.12. The highest BCUT2D eigenvalue weighted by Crippen LogP contribution is 2.30. The number of fused-ring (bicyclic) bond motifs is 1. The van der Waals surface area contributed by atoms with Gasteiger partial charge >= 0.3 is 5.97 Å². The predicted molar refractivity (Wildman–Crippen MR) is 120 cm³/mol. The number of nitrogens with zero attached hydrogens (tertiary/aromatic N) is 4. The number of carboxylic acids is 1. The number of aromatic carboxylic acids is 1. The van der Waals surface area contributed by atoms with Crippen LogP contribution in [0.4, 0.5) is 11.5 Å². The number of rotatable bonds is 7. The molecule has 0 radical (unpaired) electrons. The van der Waals surface area contributed by atoms with Crippen LogP contribution in [-0.2, 0) is 0 Å². The van der Waals surface area contributed by atoms with E-state index in [-0.39, 0.29) is 29.1 Å². The fourth-order valence-electron chi connectivity index (χ4n) is 3.27. The number of hydrogen-bond acceptors (Lipinski definition) is 6. The first-order valence-electron chi connectivity index (χ1n) is 10.1. The molecule has 0 saturated carbocycles. The Morgan fingerprint density at radius 2 is 2.00 bits per heavy atom. The first-order valence-corrected chi connectivity index (χ1v) is 10.5. The minimum Gasteiger partial charge on any atom is -0.478 e. The number of carbonyl (C=O) groups is 1. The molecule has 2 heterocycles. The highest BCUT2D eigenvalue weighted by Gasteiger charge is 2.20. The molecule has 3 rings (SSSR count). The van der Waals surface area contributed by atoms with Crippen LogP contribution in [0.2, 0.25) is 5.02 Å². The molecule has 0 spiro atoms. The largest absolute Gasteiger partial charge is 0.478 e. The number of aromatic amines is 1. The van der Waals surface area contributed by atoms with Gasteiger partial charge in [0.15, 0.2) is 11.3 Å². The quantitative estimate of drug-likeness (QED) is 0.436. The molecule has 0 bridgehead atoms. The second-order valence-electron chi connectivity index (χ2n) is 8.03. The second kappa shape index (κ2) is 9.07. The highest BCUT2D eigenvalue weighted by molar-refractivity contribution is 6.33. The number of halogens is 1. The molecular formula is C21H27ClN6O3. The summed E-state index contributed by atoms with van der Waals surface area (Å²) in [6, 6.07) is 4.68. The Morgan fingerprint density at radius 3 is 2.58 bits per heavy atom. The lowest BCUT2D eigenvalue weighted by molar-refractivity contribution is 0.0697. The van der Waals surface area contributed by atoms with Gasteiger partial charge in [0, 0.05) is 11.7 Å². The number of carboxylic acid groups (broad SMARTS) is 1. The molecule has 1 atom stereocenters. The molecule has 0 fully saturated rings. The molecule has 1 aromatic carbocycles. The molecule has 31 heavy (non-hydrogen) atoms. The Hall–Kier alpha value is -2.91. The van der Waals surface area contributed by atoms with E-state index in [0.29, 0.717) is 22.6 Å². The van der Waals surface area contributed by atoms with Crippen LogP contribution in [0.1, 0.15) is 62.6 Å². The van der Waals surface area contributed by atoms with Gasteiger partial charge < -0.3 is 20.1 Å². The molecule has 9 nitrogen and oxygen atoms in total. The Bertz CT molecular complexity index is 1180. The topological polar surface area (TPSA) is 128 Å². The van der Waals surface area contributed by atoms with Crippen LogP contribution < -0.4 is 10.9 Å². The normalized spacial score (nSPS) is 13.4. The summed E-state index contributed by atoms with van der Waals surface area (Å²) in [6.07, 6.45) is -0.613. The van der Waals surface area contributed by atoms with E-state index >= 15 is 0 Å². The molecule has 3 aromatic rings. The van der Waals surface area contributed by atoms with E-state index < -0.39 is 12.1 Å². The van der Waals surface area contributed by atoms with E-state index in [9.17, 15) is 15.0 Å². The van der Waals surface area contributed by atoms with Crippen LogP contribution in [0, 0.1) is 0 Å². The Morgan fingerprint density at radius 1 is 1.29 bits per heavy atom. The standard InChI is InChI=1S/C21H27ClN6O3/c1-10(2)16-18-17(27-26-16)19(24-13-6-7-15(22)14(8-13)20(30)31)25-21(23-9-12(5)29)28(18)11(3)4/h6-8,10-12,29H,9H2,1-5H3,(H,26,27)(H,30,31)(H,23,24,25). The maximum absolute atomic E-state index is 11.5. The van der Waals surface area contributed by atoms with Crippen molar-refractivity contribution in [2.24, 2.45) is 4.99 Å². The van der Waals surface area contributed by atoms with Crippen LogP contribution in [0.5, 0.6) is 0 Å². The number of benzene rings is 1. The van der Waals surface area contributed by atoms with E-state index in [0.717, 1.165) is 11.2 Å². The number of hydrogen-bond donors (Lipinski definition) is 4. The average molecular weight is 447 g/mol. The summed E-state index contributed by atoms with van der Waals surface area (Å²) < 4.78 is 1.99. The Balaban J connectivity index is 2.27. The summed E-state index contributed by atoms with van der Waals surface area (Å²) in [5.74, 6) is -0.519. The number of aromatic nitrogens is 4. The number of nitrogens with one attached hydrogen (secondary N) is 2. The monoisotopic (exact) mass is 446 g/mol. The Kier molecular flexibility index (Phi) is 6.66. The van der Waals surface area contributed by atoms with Gasteiger partial charge in [-0.05, 0) is 44.9 Å². The van der Waals surface area contributed by atoms with Crippen molar-refractivity contribution in [3.63, 3.8) is 0 Å². The highest BCUT2D eigenvalue weighted by atomic mass is 35.5. The fraction of sp³-hybridized carbons (Fsp3) is 0.429. The summed E-state index contributed by atoms with van der Waals surface area (Å²) in [5, 5.41) is 30.0. The van der Waals surface area contributed by atoms with Gasteiger partial charge in [0.05, 0.1) is 34.4 Å². The lowest BCUT2D eigenvalue weighted by atomic mass is 10.1. The predicted octanol–water partition coefficient (Wildman–Crippen LogP) is 3.84. The smallest absolute Gasteiger partial charge is 0.337 e. The molecule has 166 valence electrons. The van der Waals surface area contributed by atoms with E-state index in [2.05, 4.69) is 39.3 Å². The first-order chi connectivity index (χ1) is 14.6. The number of aliphatic hydroxyl groups excluding tert-OH is 1. The van der Waals surface area contributed by atoms with E-state index in [1.165, 1.54) is 12.1 Å². The van der Waals surface area contributed by atoms with Gasteiger partial charge in [-0.25, -0.2) is 9.79 Å². The lowest BCUT2D eigenvalue weighted by Crippen LogP contribution is -2.29. The van der Waals surface area contributed by atoms with E-state index in [1.807, 2.05) is 18.4 Å². The number of H-pyrrole nitrogens is 1. The van der Waals surface area contributed by atoms with E-state index in [1.54, 1.807) is 13.0 Å². The minimum absolute atomic E-state index is 0.0139. The molecule has 0 aliphatic carbocycles. The van der Waals surface area contributed by atoms with Crippen LogP contribution in [-0.4, -0.2) is 48.6 Å². The zero-order valence-electron chi connectivity index (χ0n) is 18.1. The molecule has 1 unspecified atom stereocenters. The second-order valence-corrected chi connectivity index (χ2v) is 8.44. The van der Waals surface area contributed by atoms with Gasteiger partial charge in [-0.1, -0.05) is 25.4 Å². The zero-order valence-corrected chi connectivity index (χ0v) is 18.9. The molecule has 0 aliphatic rings. The summed E-state index contributed by atoms with van der Waals surface area (Å²) in [6.45, 7) is 10.1.